The minimum atomic E-state index is -0.548. The second kappa shape index (κ2) is 8.23. The summed E-state index contributed by atoms with van der Waals surface area (Å²) in [5, 5.41) is 5.56. The fraction of sp³-hybridized carbons (Fsp3) is 0.579. The van der Waals surface area contributed by atoms with Gasteiger partial charge in [-0.05, 0) is 51.7 Å². The molecule has 1 fully saturated rings. The van der Waals surface area contributed by atoms with Gasteiger partial charge in [0.2, 0.25) is 5.91 Å². The monoisotopic (exact) mass is 348 g/mol. The van der Waals surface area contributed by atoms with Gasteiger partial charge < -0.3 is 14.8 Å². The third-order valence-corrected chi connectivity index (χ3v) is 3.89. The number of hydrogen-bond donors (Lipinski definition) is 2. The van der Waals surface area contributed by atoms with E-state index in [1.54, 1.807) is 24.3 Å². The van der Waals surface area contributed by atoms with E-state index in [0.29, 0.717) is 30.5 Å². The maximum atomic E-state index is 11.9. The van der Waals surface area contributed by atoms with E-state index in [1.165, 1.54) is 0 Å². The topological polar surface area (TPSA) is 76.7 Å². The number of rotatable bonds is 7. The molecule has 25 heavy (non-hydrogen) atoms. The smallest absolute Gasteiger partial charge is 0.412 e. The minimum Gasteiger partial charge on any atom is -0.492 e. The van der Waals surface area contributed by atoms with Crippen molar-refractivity contribution in [2.24, 2.45) is 11.8 Å². The molecular weight excluding hydrogens is 320 g/mol. The fourth-order valence-corrected chi connectivity index (χ4v) is 2.40. The fourth-order valence-electron chi connectivity index (χ4n) is 2.40. The molecule has 1 aromatic rings. The van der Waals surface area contributed by atoms with Crippen molar-refractivity contribution in [1.29, 1.82) is 0 Å². The zero-order chi connectivity index (χ0) is 18.4. The Bertz CT molecular complexity index is 606. The summed E-state index contributed by atoms with van der Waals surface area (Å²) in [6.07, 6.45) is 1.80. The highest BCUT2D eigenvalue weighted by Crippen LogP contribution is 2.36. The van der Waals surface area contributed by atoms with Crippen molar-refractivity contribution in [2.75, 3.05) is 18.5 Å². The first kappa shape index (κ1) is 19.1. The number of benzene rings is 1. The van der Waals surface area contributed by atoms with E-state index in [9.17, 15) is 9.59 Å². The molecule has 1 saturated carbocycles. The van der Waals surface area contributed by atoms with Crippen molar-refractivity contribution in [1.82, 2.24) is 5.32 Å². The van der Waals surface area contributed by atoms with Crippen LogP contribution in [-0.2, 0) is 9.53 Å². The van der Waals surface area contributed by atoms with E-state index >= 15 is 0 Å². The van der Waals surface area contributed by atoms with E-state index < -0.39 is 11.7 Å². The molecular formula is C19H28N2O4. The molecule has 6 nitrogen and oxygen atoms in total. The molecule has 2 rings (SSSR count). The lowest BCUT2D eigenvalue weighted by Crippen LogP contribution is -2.33. The first-order valence-corrected chi connectivity index (χ1v) is 8.75. The molecule has 1 aromatic carbocycles. The van der Waals surface area contributed by atoms with Crippen LogP contribution < -0.4 is 15.4 Å². The number of nitrogens with one attached hydrogen (secondary N) is 2. The van der Waals surface area contributed by atoms with Gasteiger partial charge in [-0.1, -0.05) is 13.0 Å². The molecule has 0 aliphatic heterocycles. The van der Waals surface area contributed by atoms with Crippen LogP contribution in [0.3, 0.4) is 0 Å². The predicted octanol–water partition coefficient (Wildman–Crippen LogP) is 3.57. The summed E-state index contributed by atoms with van der Waals surface area (Å²) in [5.41, 5.74) is 0.0479. The van der Waals surface area contributed by atoms with Gasteiger partial charge in [0, 0.05) is 17.7 Å². The molecule has 2 N–H and O–H groups in total. The molecule has 0 spiro atoms. The lowest BCUT2D eigenvalue weighted by Gasteiger charge is -2.19. The molecule has 6 heteroatoms. The molecule has 0 radical (unpaired) electrons. The van der Waals surface area contributed by atoms with Crippen LogP contribution in [0.25, 0.3) is 0 Å². The second-order valence-corrected chi connectivity index (χ2v) is 7.42. The van der Waals surface area contributed by atoms with Crippen molar-refractivity contribution < 1.29 is 19.1 Å². The van der Waals surface area contributed by atoms with Crippen LogP contribution in [0.15, 0.2) is 24.3 Å². The van der Waals surface area contributed by atoms with Gasteiger partial charge in [-0.3, -0.25) is 10.1 Å². The van der Waals surface area contributed by atoms with Gasteiger partial charge in [-0.15, -0.1) is 0 Å². The van der Waals surface area contributed by atoms with E-state index in [0.717, 1.165) is 12.8 Å². The van der Waals surface area contributed by atoms with E-state index in [4.69, 9.17) is 9.47 Å². The molecule has 0 saturated heterocycles. The SMILES string of the molecule is CC(C(=O)NCCOc1cccc(NC(=O)OC(C)(C)C)c1)C1CC1. The average molecular weight is 348 g/mol. The van der Waals surface area contributed by atoms with Gasteiger partial charge >= 0.3 is 6.09 Å². The Labute approximate surface area is 149 Å². The van der Waals surface area contributed by atoms with E-state index in [1.807, 2.05) is 27.7 Å². The zero-order valence-electron chi connectivity index (χ0n) is 15.4. The Morgan fingerprint density at radius 3 is 2.64 bits per heavy atom. The lowest BCUT2D eigenvalue weighted by molar-refractivity contribution is -0.125. The molecule has 1 atom stereocenters. The van der Waals surface area contributed by atoms with Gasteiger partial charge in [0.1, 0.15) is 18.0 Å². The Morgan fingerprint density at radius 1 is 1.28 bits per heavy atom. The van der Waals surface area contributed by atoms with Crippen molar-refractivity contribution >= 4 is 17.7 Å². The number of ether oxygens (including phenoxy) is 2. The highest BCUT2D eigenvalue weighted by atomic mass is 16.6. The summed E-state index contributed by atoms with van der Waals surface area (Å²) in [6, 6.07) is 7.07. The van der Waals surface area contributed by atoms with Crippen LogP contribution in [0.2, 0.25) is 0 Å². The Morgan fingerprint density at radius 2 is 2.00 bits per heavy atom. The Kier molecular flexibility index (Phi) is 6.28. The number of carbonyl (C=O) groups excluding carboxylic acids is 2. The first-order valence-electron chi connectivity index (χ1n) is 8.75. The maximum Gasteiger partial charge on any atom is 0.412 e. The quantitative estimate of drug-likeness (QED) is 0.739. The maximum absolute atomic E-state index is 11.9. The van der Waals surface area contributed by atoms with Gasteiger partial charge in [0.15, 0.2) is 0 Å². The molecule has 0 heterocycles. The number of anilines is 1. The molecule has 138 valence electrons. The van der Waals surface area contributed by atoms with Crippen LogP contribution >= 0.6 is 0 Å². The van der Waals surface area contributed by atoms with Crippen LogP contribution in [-0.4, -0.2) is 30.8 Å². The van der Waals surface area contributed by atoms with E-state index in [2.05, 4.69) is 10.6 Å². The second-order valence-electron chi connectivity index (χ2n) is 7.42. The van der Waals surface area contributed by atoms with Gasteiger partial charge in [-0.25, -0.2) is 4.79 Å². The van der Waals surface area contributed by atoms with Crippen molar-refractivity contribution in [2.45, 2.75) is 46.1 Å². The summed E-state index contributed by atoms with van der Waals surface area (Å²) in [7, 11) is 0. The average Bonchev–Trinajstić information content (AvgIpc) is 3.33. The lowest BCUT2D eigenvalue weighted by atomic mass is 10.1. The van der Waals surface area contributed by atoms with Crippen molar-refractivity contribution in [3.05, 3.63) is 24.3 Å². The van der Waals surface area contributed by atoms with Crippen molar-refractivity contribution in [3.8, 4) is 5.75 Å². The van der Waals surface area contributed by atoms with Crippen LogP contribution in [0, 0.1) is 11.8 Å². The molecule has 0 aromatic heterocycles. The number of carbonyl (C=O) groups is 2. The minimum absolute atomic E-state index is 0.0846. The standard InChI is InChI=1S/C19H28N2O4/c1-13(14-8-9-14)17(22)20-10-11-24-16-7-5-6-15(12-16)21-18(23)25-19(2,3)4/h5-7,12-14H,8-11H2,1-4H3,(H,20,22)(H,21,23). The summed E-state index contributed by atoms with van der Waals surface area (Å²) >= 11 is 0. The highest BCUT2D eigenvalue weighted by Gasteiger charge is 2.32. The van der Waals surface area contributed by atoms with Gasteiger partial charge in [0.05, 0.1) is 6.54 Å². The van der Waals surface area contributed by atoms with Crippen LogP contribution in [0.4, 0.5) is 10.5 Å². The normalized spacial score (nSPS) is 15.2. The van der Waals surface area contributed by atoms with E-state index in [-0.39, 0.29) is 11.8 Å². The van der Waals surface area contributed by atoms with Crippen LogP contribution in [0.1, 0.15) is 40.5 Å². The van der Waals surface area contributed by atoms with Gasteiger partial charge in [-0.2, -0.15) is 0 Å². The summed E-state index contributed by atoms with van der Waals surface area (Å²) in [6.45, 7) is 8.23. The predicted molar refractivity (Wildman–Crippen MR) is 96.7 cm³/mol. The number of amides is 2. The molecule has 1 aliphatic rings. The Hall–Kier alpha value is -2.24. The Balaban J connectivity index is 1.73. The zero-order valence-corrected chi connectivity index (χ0v) is 15.4. The molecule has 2 amide bonds. The highest BCUT2D eigenvalue weighted by molar-refractivity contribution is 5.85. The largest absolute Gasteiger partial charge is 0.492 e. The third-order valence-electron chi connectivity index (χ3n) is 3.89. The summed E-state index contributed by atoms with van der Waals surface area (Å²) in [5.74, 6) is 1.35. The summed E-state index contributed by atoms with van der Waals surface area (Å²) < 4.78 is 10.8. The number of hydrogen-bond acceptors (Lipinski definition) is 4. The van der Waals surface area contributed by atoms with Crippen molar-refractivity contribution in [3.63, 3.8) is 0 Å². The van der Waals surface area contributed by atoms with Crippen LogP contribution in [0.5, 0.6) is 5.75 Å². The molecule has 1 unspecified atom stereocenters. The third kappa shape index (κ3) is 7.03. The summed E-state index contributed by atoms with van der Waals surface area (Å²) in [4.78, 5) is 23.7. The molecule has 0 bridgehead atoms. The first-order chi connectivity index (χ1) is 11.7. The van der Waals surface area contributed by atoms with Gasteiger partial charge in [0.25, 0.3) is 0 Å². The molecule has 1 aliphatic carbocycles.